The number of carbonyl (C=O) groups is 3. The van der Waals surface area contributed by atoms with E-state index in [4.69, 9.17) is 4.74 Å². The molecule has 0 aliphatic rings. The molecule has 5 nitrogen and oxygen atoms in total. The molecule has 0 bridgehead atoms. The summed E-state index contributed by atoms with van der Waals surface area (Å²) in [6.45, 7) is 11.5. The van der Waals surface area contributed by atoms with Gasteiger partial charge in [-0.05, 0) is 36.0 Å². The second-order valence-electron chi connectivity index (χ2n) is 8.92. The molecule has 0 aliphatic carbocycles. The van der Waals surface area contributed by atoms with Crippen molar-refractivity contribution in [2.75, 3.05) is 6.61 Å². The molecule has 0 aliphatic heterocycles. The Kier molecular flexibility index (Phi) is 7.54. The molecular weight excluding hydrogens is 378 g/mol. The maximum Gasteiger partial charge on any atom is 0.329 e. The van der Waals surface area contributed by atoms with Crippen LogP contribution < -0.4 is 5.32 Å². The molecule has 0 unspecified atom stereocenters. The lowest BCUT2D eigenvalue weighted by molar-refractivity contribution is -0.145. The Hall–Kier alpha value is -2.95. The van der Waals surface area contributed by atoms with Gasteiger partial charge >= 0.3 is 5.97 Å². The number of hydrogen-bond acceptors (Lipinski definition) is 4. The van der Waals surface area contributed by atoms with Crippen LogP contribution >= 0.6 is 0 Å². The van der Waals surface area contributed by atoms with Gasteiger partial charge in [0.1, 0.15) is 6.04 Å². The standard InChI is InChI=1S/C25H31NO4/c1-16(2)22(24(29)30-15-21(27)18-9-7-17(3)8-10-18)26-23(28)19-11-13-20(14-12-19)25(4,5)6/h7-14,16,22H,15H2,1-6H3,(H,26,28)/t22-/m1/s1. The van der Waals surface area contributed by atoms with E-state index < -0.39 is 12.0 Å². The largest absolute Gasteiger partial charge is 0.456 e. The summed E-state index contributed by atoms with van der Waals surface area (Å²) >= 11 is 0. The zero-order chi connectivity index (χ0) is 22.5. The quantitative estimate of drug-likeness (QED) is 0.541. The first-order chi connectivity index (χ1) is 14.0. The van der Waals surface area contributed by atoms with Gasteiger partial charge in [-0.25, -0.2) is 4.79 Å². The maximum absolute atomic E-state index is 12.6. The third-order valence-electron chi connectivity index (χ3n) is 4.94. The van der Waals surface area contributed by atoms with Crippen molar-refractivity contribution in [3.8, 4) is 0 Å². The van der Waals surface area contributed by atoms with Crippen LogP contribution in [0.4, 0.5) is 0 Å². The van der Waals surface area contributed by atoms with Crippen molar-refractivity contribution in [2.45, 2.75) is 53.0 Å². The molecule has 0 aromatic heterocycles. The van der Waals surface area contributed by atoms with Crippen molar-refractivity contribution in [1.82, 2.24) is 5.32 Å². The summed E-state index contributed by atoms with van der Waals surface area (Å²) in [4.78, 5) is 37.4. The molecule has 0 saturated carbocycles. The molecule has 2 rings (SSSR count). The van der Waals surface area contributed by atoms with E-state index in [9.17, 15) is 14.4 Å². The molecule has 1 atom stereocenters. The monoisotopic (exact) mass is 409 g/mol. The van der Waals surface area contributed by atoms with Gasteiger partial charge in [0.15, 0.2) is 12.4 Å². The summed E-state index contributed by atoms with van der Waals surface area (Å²) in [6, 6.07) is 13.6. The number of rotatable bonds is 7. The highest BCUT2D eigenvalue weighted by Gasteiger charge is 2.27. The topological polar surface area (TPSA) is 72.5 Å². The van der Waals surface area contributed by atoms with Gasteiger partial charge in [-0.1, -0.05) is 76.6 Å². The van der Waals surface area contributed by atoms with Gasteiger partial charge < -0.3 is 10.1 Å². The van der Waals surface area contributed by atoms with E-state index in [1.807, 2.05) is 45.0 Å². The summed E-state index contributed by atoms with van der Waals surface area (Å²) in [7, 11) is 0. The van der Waals surface area contributed by atoms with Gasteiger partial charge in [0.05, 0.1) is 0 Å². The van der Waals surface area contributed by atoms with Crippen LogP contribution in [0.3, 0.4) is 0 Å². The third kappa shape index (κ3) is 6.28. The van der Waals surface area contributed by atoms with E-state index in [1.54, 1.807) is 24.3 Å². The van der Waals surface area contributed by atoms with E-state index in [0.717, 1.165) is 11.1 Å². The van der Waals surface area contributed by atoms with E-state index in [1.165, 1.54) is 0 Å². The van der Waals surface area contributed by atoms with Gasteiger partial charge in [0, 0.05) is 11.1 Å². The minimum Gasteiger partial charge on any atom is -0.456 e. The number of benzene rings is 2. The summed E-state index contributed by atoms with van der Waals surface area (Å²) in [6.07, 6.45) is 0. The van der Waals surface area contributed by atoms with Crippen molar-refractivity contribution in [1.29, 1.82) is 0 Å². The van der Waals surface area contributed by atoms with Crippen LogP contribution in [0.2, 0.25) is 0 Å². The Bertz CT molecular complexity index is 890. The van der Waals surface area contributed by atoms with Gasteiger partial charge in [-0.3, -0.25) is 9.59 Å². The Morgan fingerprint density at radius 3 is 1.93 bits per heavy atom. The minimum absolute atomic E-state index is 0.0106. The Morgan fingerprint density at radius 2 is 1.43 bits per heavy atom. The molecule has 160 valence electrons. The maximum atomic E-state index is 12.6. The predicted molar refractivity (Wildman–Crippen MR) is 118 cm³/mol. The SMILES string of the molecule is Cc1ccc(C(=O)COC(=O)[C@H](NC(=O)c2ccc(C(C)(C)C)cc2)C(C)C)cc1. The average Bonchev–Trinajstić information content (AvgIpc) is 2.69. The number of aryl methyl sites for hydroxylation is 1. The molecule has 0 saturated heterocycles. The predicted octanol–water partition coefficient (Wildman–Crippen LogP) is 4.47. The highest BCUT2D eigenvalue weighted by Crippen LogP contribution is 2.22. The normalized spacial score (nSPS) is 12.4. The van der Waals surface area contributed by atoms with Crippen molar-refractivity contribution in [3.05, 3.63) is 70.8 Å². The lowest BCUT2D eigenvalue weighted by atomic mass is 9.86. The second-order valence-corrected chi connectivity index (χ2v) is 8.92. The van der Waals surface area contributed by atoms with Crippen LogP contribution in [0, 0.1) is 12.8 Å². The molecule has 0 radical (unpaired) electrons. The van der Waals surface area contributed by atoms with Crippen LogP contribution in [0.25, 0.3) is 0 Å². The molecule has 2 aromatic rings. The lowest BCUT2D eigenvalue weighted by Crippen LogP contribution is -2.45. The first-order valence-electron chi connectivity index (χ1n) is 10.2. The van der Waals surface area contributed by atoms with Gasteiger partial charge in [0.2, 0.25) is 0 Å². The zero-order valence-corrected chi connectivity index (χ0v) is 18.6. The number of ether oxygens (including phenoxy) is 1. The van der Waals surface area contributed by atoms with Crippen molar-refractivity contribution in [3.63, 3.8) is 0 Å². The number of nitrogens with one attached hydrogen (secondary N) is 1. The fourth-order valence-corrected chi connectivity index (χ4v) is 2.89. The summed E-state index contributed by atoms with van der Waals surface area (Å²) in [5.41, 5.74) is 3.10. The summed E-state index contributed by atoms with van der Waals surface area (Å²) in [5, 5.41) is 2.74. The minimum atomic E-state index is -0.842. The van der Waals surface area contributed by atoms with E-state index in [0.29, 0.717) is 11.1 Å². The van der Waals surface area contributed by atoms with Crippen LogP contribution in [-0.2, 0) is 14.9 Å². The van der Waals surface area contributed by atoms with Gasteiger partial charge in [0.25, 0.3) is 5.91 Å². The molecule has 5 heteroatoms. The molecule has 2 aromatic carbocycles. The Morgan fingerprint density at radius 1 is 0.900 bits per heavy atom. The second kappa shape index (κ2) is 9.70. The van der Waals surface area contributed by atoms with Crippen molar-refractivity contribution >= 4 is 17.7 Å². The Balaban J connectivity index is 2.00. The van der Waals surface area contributed by atoms with E-state index >= 15 is 0 Å². The van der Waals surface area contributed by atoms with Crippen LogP contribution in [0.1, 0.15) is 66.5 Å². The smallest absolute Gasteiger partial charge is 0.329 e. The number of ketones is 1. The molecule has 30 heavy (non-hydrogen) atoms. The fourth-order valence-electron chi connectivity index (χ4n) is 2.89. The molecule has 1 N–H and O–H groups in total. The first kappa shape index (κ1) is 23.3. The highest BCUT2D eigenvalue weighted by atomic mass is 16.5. The van der Waals surface area contributed by atoms with Gasteiger partial charge in [-0.2, -0.15) is 0 Å². The number of carbonyl (C=O) groups excluding carboxylic acids is 3. The highest BCUT2D eigenvalue weighted by molar-refractivity contribution is 5.99. The number of esters is 1. The molecule has 0 fully saturated rings. The van der Waals surface area contributed by atoms with Crippen molar-refractivity contribution < 1.29 is 19.1 Å². The third-order valence-corrected chi connectivity index (χ3v) is 4.94. The van der Waals surface area contributed by atoms with E-state index in [2.05, 4.69) is 26.1 Å². The number of amides is 1. The molecule has 1 amide bonds. The summed E-state index contributed by atoms with van der Waals surface area (Å²) in [5.74, 6) is -1.44. The number of Topliss-reactive ketones (excluding diaryl/α,β-unsaturated/α-hetero) is 1. The fraction of sp³-hybridized carbons (Fsp3) is 0.400. The Labute approximate surface area is 178 Å². The lowest BCUT2D eigenvalue weighted by Gasteiger charge is -2.22. The van der Waals surface area contributed by atoms with Crippen LogP contribution in [-0.4, -0.2) is 30.3 Å². The van der Waals surface area contributed by atoms with E-state index in [-0.39, 0.29) is 29.6 Å². The molecule has 0 heterocycles. The molecular formula is C25H31NO4. The molecule has 0 spiro atoms. The van der Waals surface area contributed by atoms with Crippen LogP contribution in [0.15, 0.2) is 48.5 Å². The van der Waals surface area contributed by atoms with Gasteiger partial charge in [-0.15, -0.1) is 0 Å². The average molecular weight is 410 g/mol. The number of hydrogen-bond donors (Lipinski definition) is 1. The summed E-state index contributed by atoms with van der Waals surface area (Å²) < 4.78 is 5.21. The first-order valence-corrected chi connectivity index (χ1v) is 10.2. The zero-order valence-electron chi connectivity index (χ0n) is 18.6. The van der Waals surface area contributed by atoms with Crippen LogP contribution in [0.5, 0.6) is 0 Å². The van der Waals surface area contributed by atoms with Crippen molar-refractivity contribution in [2.24, 2.45) is 5.92 Å².